The molecule has 0 saturated heterocycles. The predicted molar refractivity (Wildman–Crippen MR) is 59.3 cm³/mol. The van der Waals surface area contributed by atoms with Crippen LogP contribution in [0, 0.1) is 0 Å². The van der Waals surface area contributed by atoms with Gasteiger partial charge >= 0.3 is 0 Å². The Hall–Kier alpha value is -0.0500. The summed E-state index contributed by atoms with van der Waals surface area (Å²) in [5.41, 5.74) is 2.64. The van der Waals surface area contributed by atoms with E-state index >= 15 is 0 Å². The zero-order valence-corrected chi connectivity index (χ0v) is 9.74. The van der Waals surface area contributed by atoms with Gasteiger partial charge in [-0.1, -0.05) is 27.5 Å². The number of nitrogens with one attached hydrogen (secondary N) is 1. The Balaban J connectivity index is 2.55. The molecule has 0 fully saturated rings. The van der Waals surface area contributed by atoms with Crippen molar-refractivity contribution >= 4 is 27.5 Å². The first-order valence-electron chi connectivity index (χ1n) is 4.38. The maximum Gasteiger partial charge on any atom is 0.0457 e. The third-order valence-electron chi connectivity index (χ3n) is 2.63. The number of hydrogen-bond acceptors (Lipinski definition) is 1. The van der Waals surface area contributed by atoms with Gasteiger partial charge in [-0.25, -0.2) is 0 Å². The lowest BCUT2D eigenvalue weighted by atomic mass is 10.1. The normalized spacial score (nSPS) is 20.4. The summed E-state index contributed by atoms with van der Waals surface area (Å²) in [5.74, 6) is 0. The van der Waals surface area contributed by atoms with Gasteiger partial charge in [0.1, 0.15) is 0 Å². The van der Waals surface area contributed by atoms with Crippen molar-refractivity contribution in [2.24, 2.45) is 0 Å². The van der Waals surface area contributed by atoms with E-state index in [1.807, 2.05) is 19.2 Å². The topological polar surface area (TPSA) is 12.0 Å². The minimum Gasteiger partial charge on any atom is -0.313 e. The first-order chi connectivity index (χ1) is 6.24. The standard InChI is InChI=1S/C10H11BrClN/c1-13-9-5-2-6-7(11)3-4-8(12)10(6)9/h3-4,9,13H,2,5H2,1H3. The predicted octanol–water partition coefficient (Wildman–Crippen LogP) is 3.31. The maximum atomic E-state index is 6.15. The van der Waals surface area contributed by atoms with E-state index in [1.165, 1.54) is 15.6 Å². The average molecular weight is 261 g/mol. The van der Waals surface area contributed by atoms with E-state index in [0.29, 0.717) is 6.04 Å². The molecule has 1 aromatic carbocycles. The van der Waals surface area contributed by atoms with Crippen LogP contribution in [0.25, 0.3) is 0 Å². The van der Waals surface area contributed by atoms with Crippen LogP contribution in [-0.4, -0.2) is 7.05 Å². The van der Waals surface area contributed by atoms with E-state index in [0.717, 1.165) is 17.9 Å². The molecule has 1 aliphatic carbocycles. The SMILES string of the molecule is CNC1CCc2c(Br)ccc(Cl)c21. The Kier molecular flexibility index (Phi) is 2.63. The smallest absolute Gasteiger partial charge is 0.0457 e. The Morgan fingerprint density at radius 2 is 2.31 bits per heavy atom. The Morgan fingerprint density at radius 1 is 1.54 bits per heavy atom. The first-order valence-corrected chi connectivity index (χ1v) is 5.55. The lowest BCUT2D eigenvalue weighted by Gasteiger charge is -2.12. The molecule has 2 rings (SSSR count). The minimum atomic E-state index is 0.431. The molecule has 70 valence electrons. The van der Waals surface area contributed by atoms with Crippen LogP contribution in [0.2, 0.25) is 5.02 Å². The van der Waals surface area contributed by atoms with Crippen LogP contribution < -0.4 is 5.32 Å². The van der Waals surface area contributed by atoms with Crippen molar-refractivity contribution in [2.75, 3.05) is 7.05 Å². The number of halogens is 2. The third kappa shape index (κ3) is 1.51. The molecule has 1 N–H and O–H groups in total. The molecule has 0 aromatic heterocycles. The van der Waals surface area contributed by atoms with Crippen LogP contribution in [0.15, 0.2) is 16.6 Å². The zero-order chi connectivity index (χ0) is 9.42. The maximum absolute atomic E-state index is 6.15. The van der Waals surface area contributed by atoms with Crippen molar-refractivity contribution in [3.05, 3.63) is 32.8 Å². The summed E-state index contributed by atoms with van der Waals surface area (Å²) in [6.45, 7) is 0. The molecular formula is C10H11BrClN. The van der Waals surface area contributed by atoms with Gasteiger partial charge in [0, 0.05) is 15.5 Å². The van der Waals surface area contributed by atoms with E-state index in [9.17, 15) is 0 Å². The molecule has 0 spiro atoms. The van der Waals surface area contributed by atoms with Gasteiger partial charge in [0.05, 0.1) is 0 Å². The van der Waals surface area contributed by atoms with Crippen LogP contribution in [0.5, 0.6) is 0 Å². The molecule has 1 unspecified atom stereocenters. The number of benzene rings is 1. The Labute approximate surface area is 91.6 Å². The van der Waals surface area contributed by atoms with Crippen molar-refractivity contribution in [3.63, 3.8) is 0 Å². The molecule has 1 aliphatic rings. The quantitative estimate of drug-likeness (QED) is 0.817. The van der Waals surface area contributed by atoms with Gasteiger partial charge in [-0.3, -0.25) is 0 Å². The second kappa shape index (κ2) is 3.60. The van der Waals surface area contributed by atoms with Crippen LogP contribution >= 0.6 is 27.5 Å². The van der Waals surface area contributed by atoms with Crippen molar-refractivity contribution < 1.29 is 0 Å². The van der Waals surface area contributed by atoms with E-state index in [-0.39, 0.29) is 0 Å². The van der Waals surface area contributed by atoms with Crippen molar-refractivity contribution in [1.29, 1.82) is 0 Å². The highest BCUT2D eigenvalue weighted by atomic mass is 79.9. The van der Waals surface area contributed by atoms with Gasteiger partial charge in [-0.2, -0.15) is 0 Å². The average Bonchev–Trinajstić information content (AvgIpc) is 2.56. The van der Waals surface area contributed by atoms with Crippen LogP contribution in [0.4, 0.5) is 0 Å². The van der Waals surface area contributed by atoms with Gasteiger partial charge in [-0.15, -0.1) is 0 Å². The molecule has 0 saturated carbocycles. The summed E-state index contributed by atoms with van der Waals surface area (Å²) in [6, 6.07) is 4.42. The van der Waals surface area contributed by atoms with Crippen molar-refractivity contribution in [2.45, 2.75) is 18.9 Å². The minimum absolute atomic E-state index is 0.431. The lowest BCUT2D eigenvalue weighted by molar-refractivity contribution is 0.590. The molecule has 1 aromatic rings. The first kappa shape index (κ1) is 9.50. The zero-order valence-electron chi connectivity index (χ0n) is 7.40. The highest BCUT2D eigenvalue weighted by Gasteiger charge is 2.25. The molecule has 1 atom stereocenters. The molecule has 13 heavy (non-hydrogen) atoms. The number of fused-ring (bicyclic) bond motifs is 1. The Bertz CT molecular complexity index is 338. The lowest BCUT2D eigenvalue weighted by Crippen LogP contribution is -2.13. The fourth-order valence-electron chi connectivity index (χ4n) is 1.96. The number of hydrogen-bond donors (Lipinski definition) is 1. The van der Waals surface area contributed by atoms with E-state index in [4.69, 9.17) is 11.6 Å². The van der Waals surface area contributed by atoms with E-state index in [2.05, 4.69) is 21.2 Å². The second-order valence-corrected chi connectivity index (χ2v) is 4.56. The van der Waals surface area contributed by atoms with Gasteiger partial charge < -0.3 is 5.32 Å². The van der Waals surface area contributed by atoms with Crippen molar-refractivity contribution in [1.82, 2.24) is 5.32 Å². The fourth-order valence-corrected chi connectivity index (χ4v) is 2.81. The van der Waals surface area contributed by atoms with Crippen molar-refractivity contribution in [3.8, 4) is 0 Å². The monoisotopic (exact) mass is 259 g/mol. The largest absolute Gasteiger partial charge is 0.313 e. The Morgan fingerprint density at radius 3 is 3.00 bits per heavy atom. The fraction of sp³-hybridized carbons (Fsp3) is 0.400. The van der Waals surface area contributed by atoms with Crippen LogP contribution in [0.1, 0.15) is 23.6 Å². The highest BCUT2D eigenvalue weighted by molar-refractivity contribution is 9.10. The van der Waals surface area contributed by atoms with Gasteiger partial charge in [-0.05, 0) is 43.1 Å². The molecular weight excluding hydrogens is 249 g/mol. The summed E-state index contributed by atoms with van der Waals surface area (Å²) in [5, 5.41) is 4.17. The van der Waals surface area contributed by atoms with Crippen LogP contribution in [0.3, 0.4) is 0 Å². The highest BCUT2D eigenvalue weighted by Crippen LogP contribution is 2.39. The van der Waals surface area contributed by atoms with Gasteiger partial charge in [0.25, 0.3) is 0 Å². The van der Waals surface area contributed by atoms with Gasteiger partial charge in [0.15, 0.2) is 0 Å². The van der Waals surface area contributed by atoms with Gasteiger partial charge in [0.2, 0.25) is 0 Å². The van der Waals surface area contributed by atoms with Crippen LogP contribution in [-0.2, 0) is 6.42 Å². The molecule has 0 heterocycles. The molecule has 1 nitrogen and oxygen atoms in total. The molecule has 0 amide bonds. The van der Waals surface area contributed by atoms with E-state index < -0.39 is 0 Å². The molecule has 3 heteroatoms. The summed E-state index contributed by atoms with van der Waals surface area (Å²) in [7, 11) is 1.98. The summed E-state index contributed by atoms with van der Waals surface area (Å²) < 4.78 is 1.18. The van der Waals surface area contributed by atoms with E-state index in [1.54, 1.807) is 0 Å². The molecule has 0 aliphatic heterocycles. The summed E-state index contributed by atoms with van der Waals surface area (Å²) >= 11 is 9.71. The third-order valence-corrected chi connectivity index (χ3v) is 3.70. The summed E-state index contributed by atoms with van der Waals surface area (Å²) in [6.07, 6.45) is 2.26. The number of rotatable bonds is 1. The second-order valence-electron chi connectivity index (χ2n) is 3.30. The summed E-state index contributed by atoms with van der Waals surface area (Å²) in [4.78, 5) is 0. The molecule has 0 radical (unpaired) electrons. The molecule has 0 bridgehead atoms.